The van der Waals surface area contributed by atoms with Crippen molar-refractivity contribution < 1.29 is 4.74 Å². The van der Waals surface area contributed by atoms with Crippen LogP contribution in [0, 0.1) is 0 Å². The molecule has 90 valence electrons. The van der Waals surface area contributed by atoms with Gasteiger partial charge in [0, 0.05) is 19.8 Å². The Kier molecular flexibility index (Phi) is 5.74. The topological polar surface area (TPSA) is 47.3 Å². The van der Waals surface area contributed by atoms with Crippen molar-refractivity contribution in [2.24, 2.45) is 0 Å². The fourth-order valence-corrected chi connectivity index (χ4v) is 1.59. The van der Waals surface area contributed by atoms with Gasteiger partial charge in [-0.05, 0) is 25.5 Å². The number of nitrogen functional groups attached to an aromatic ring is 1. The van der Waals surface area contributed by atoms with E-state index in [9.17, 15) is 0 Å². The Labute approximate surface area is 106 Å². The number of rotatable bonds is 6. The molecule has 16 heavy (non-hydrogen) atoms. The van der Waals surface area contributed by atoms with E-state index >= 15 is 0 Å². The quantitative estimate of drug-likeness (QED) is 0.610. The van der Waals surface area contributed by atoms with E-state index in [1.54, 1.807) is 12.1 Å². The molecule has 0 radical (unpaired) electrons. The second-order valence-corrected chi connectivity index (χ2v) is 4.15. The van der Waals surface area contributed by atoms with Crippen molar-refractivity contribution in [3.05, 3.63) is 22.2 Å². The molecule has 3 nitrogen and oxygen atoms in total. The van der Waals surface area contributed by atoms with Gasteiger partial charge in [-0.2, -0.15) is 0 Å². The third-order valence-electron chi connectivity index (χ3n) is 2.08. The molecule has 1 aromatic carbocycles. The summed E-state index contributed by atoms with van der Waals surface area (Å²) in [5.74, 6) is 0. The van der Waals surface area contributed by atoms with Crippen LogP contribution in [0.4, 0.5) is 11.4 Å². The van der Waals surface area contributed by atoms with E-state index in [-0.39, 0.29) is 0 Å². The number of nitrogens with one attached hydrogen (secondary N) is 1. The lowest BCUT2D eigenvalue weighted by atomic mass is 10.2. The van der Waals surface area contributed by atoms with Crippen molar-refractivity contribution in [3.8, 4) is 0 Å². The van der Waals surface area contributed by atoms with Crippen LogP contribution in [0.25, 0.3) is 0 Å². The summed E-state index contributed by atoms with van der Waals surface area (Å²) in [6, 6.07) is 3.38. The number of hydrogen-bond acceptors (Lipinski definition) is 3. The van der Waals surface area contributed by atoms with E-state index < -0.39 is 0 Å². The zero-order chi connectivity index (χ0) is 12.0. The van der Waals surface area contributed by atoms with Crippen LogP contribution in [-0.2, 0) is 4.74 Å². The van der Waals surface area contributed by atoms with Crippen molar-refractivity contribution in [3.63, 3.8) is 0 Å². The number of hydrogen-bond donors (Lipinski definition) is 2. The Balaban J connectivity index is 2.45. The molecule has 0 unspecified atom stereocenters. The molecule has 5 heteroatoms. The smallest absolute Gasteiger partial charge is 0.0614 e. The van der Waals surface area contributed by atoms with E-state index in [4.69, 9.17) is 33.7 Å². The van der Waals surface area contributed by atoms with Gasteiger partial charge in [0.25, 0.3) is 0 Å². The molecule has 0 saturated carbocycles. The minimum atomic E-state index is 0.471. The molecule has 0 fully saturated rings. The molecule has 0 aliphatic heterocycles. The van der Waals surface area contributed by atoms with E-state index in [1.165, 1.54) is 0 Å². The third-order valence-corrected chi connectivity index (χ3v) is 2.80. The number of halogens is 2. The van der Waals surface area contributed by atoms with Gasteiger partial charge < -0.3 is 15.8 Å². The number of ether oxygens (including phenoxy) is 1. The van der Waals surface area contributed by atoms with Crippen LogP contribution in [-0.4, -0.2) is 19.8 Å². The summed E-state index contributed by atoms with van der Waals surface area (Å²) < 4.78 is 5.23. The molecular formula is C11H16Cl2N2O. The van der Waals surface area contributed by atoms with Crippen molar-refractivity contribution in [1.82, 2.24) is 0 Å². The highest BCUT2D eigenvalue weighted by molar-refractivity contribution is 6.42. The van der Waals surface area contributed by atoms with Gasteiger partial charge in [-0.1, -0.05) is 23.2 Å². The summed E-state index contributed by atoms with van der Waals surface area (Å²) in [5, 5.41) is 4.17. The average Bonchev–Trinajstić information content (AvgIpc) is 2.25. The second kappa shape index (κ2) is 6.84. The lowest BCUT2D eigenvalue weighted by molar-refractivity contribution is 0.147. The molecule has 3 N–H and O–H groups in total. The predicted octanol–water partition coefficient (Wildman–Crippen LogP) is 3.41. The average molecular weight is 263 g/mol. The zero-order valence-electron chi connectivity index (χ0n) is 9.22. The van der Waals surface area contributed by atoms with Crippen LogP contribution >= 0.6 is 23.2 Å². The molecule has 0 aliphatic carbocycles. The molecule has 0 spiro atoms. The number of anilines is 2. The monoisotopic (exact) mass is 262 g/mol. The fraction of sp³-hybridized carbons (Fsp3) is 0.455. The summed E-state index contributed by atoms with van der Waals surface area (Å²) in [4.78, 5) is 0. The first kappa shape index (κ1) is 13.4. The van der Waals surface area contributed by atoms with Gasteiger partial charge in [0.15, 0.2) is 0 Å². The van der Waals surface area contributed by atoms with Crippen LogP contribution in [0.3, 0.4) is 0 Å². The summed E-state index contributed by atoms with van der Waals surface area (Å²) in [7, 11) is 0. The second-order valence-electron chi connectivity index (χ2n) is 3.33. The molecule has 1 aromatic rings. The van der Waals surface area contributed by atoms with Gasteiger partial charge in [0.1, 0.15) is 0 Å². The predicted molar refractivity (Wildman–Crippen MR) is 70.5 cm³/mol. The third kappa shape index (κ3) is 4.08. The van der Waals surface area contributed by atoms with E-state index in [2.05, 4.69) is 5.32 Å². The molecule has 0 heterocycles. The first-order valence-corrected chi connectivity index (χ1v) is 5.97. The Morgan fingerprint density at radius 3 is 2.69 bits per heavy atom. The molecule has 0 aromatic heterocycles. The minimum Gasteiger partial charge on any atom is -0.397 e. The van der Waals surface area contributed by atoms with Crippen molar-refractivity contribution in [2.45, 2.75) is 13.3 Å². The Morgan fingerprint density at radius 1 is 1.31 bits per heavy atom. The maximum Gasteiger partial charge on any atom is 0.0614 e. The largest absolute Gasteiger partial charge is 0.397 e. The Hall–Kier alpha value is -0.640. The van der Waals surface area contributed by atoms with Crippen LogP contribution in [0.5, 0.6) is 0 Å². The first-order chi connectivity index (χ1) is 7.65. The van der Waals surface area contributed by atoms with Crippen LogP contribution in [0.2, 0.25) is 10.0 Å². The van der Waals surface area contributed by atoms with Gasteiger partial charge in [0.2, 0.25) is 0 Å². The molecule has 0 aliphatic rings. The summed E-state index contributed by atoms with van der Waals surface area (Å²) in [6.07, 6.45) is 0.924. The van der Waals surface area contributed by atoms with E-state index in [1.807, 2.05) is 6.92 Å². The summed E-state index contributed by atoms with van der Waals surface area (Å²) in [5.41, 5.74) is 7.21. The van der Waals surface area contributed by atoms with Crippen LogP contribution in [0.1, 0.15) is 13.3 Å². The molecular weight excluding hydrogens is 247 g/mol. The lowest BCUT2D eigenvalue weighted by Crippen LogP contribution is -2.07. The van der Waals surface area contributed by atoms with Gasteiger partial charge >= 0.3 is 0 Å². The normalized spacial score (nSPS) is 10.4. The number of nitrogens with two attached hydrogens (primary N) is 1. The summed E-state index contributed by atoms with van der Waals surface area (Å²) >= 11 is 11.7. The Bertz CT molecular complexity index is 345. The van der Waals surface area contributed by atoms with Crippen molar-refractivity contribution in [2.75, 3.05) is 30.8 Å². The van der Waals surface area contributed by atoms with E-state index in [0.29, 0.717) is 15.7 Å². The van der Waals surface area contributed by atoms with Crippen molar-refractivity contribution >= 4 is 34.6 Å². The van der Waals surface area contributed by atoms with Gasteiger partial charge in [-0.25, -0.2) is 0 Å². The maximum absolute atomic E-state index is 5.90. The summed E-state index contributed by atoms with van der Waals surface area (Å²) in [6.45, 7) is 4.26. The highest BCUT2D eigenvalue weighted by Gasteiger charge is 2.04. The van der Waals surface area contributed by atoms with Gasteiger partial charge in [0.05, 0.1) is 21.4 Å². The molecule has 0 atom stereocenters. The van der Waals surface area contributed by atoms with Gasteiger partial charge in [-0.3, -0.25) is 0 Å². The lowest BCUT2D eigenvalue weighted by Gasteiger charge is -2.10. The molecule has 0 bridgehead atoms. The Morgan fingerprint density at radius 2 is 2.00 bits per heavy atom. The maximum atomic E-state index is 5.90. The molecule has 1 rings (SSSR count). The molecule has 0 amide bonds. The highest BCUT2D eigenvalue weighted by Crippen LogP contribution is 2.30. The standard InChI is InChI=1S/C11H16Cl2N2O/c1-2-16-5-3-4-15-11-7-9(13)8(12)6-10(11)14/h6-7,15H,2-5,14H2,1H3. The number of benzene rings is 1. The van der Waals surface area contributed by atoms with Gasteiger partial charge in [-0.15, -0.1) is 0 Å². The zero-order valence-corrected chi connectivity index (χ0v) is 10.7. The fourth-order valence-electron chi connectivity index (χ4n) is 1.26. The van der Waals surface area contributed by atoms with E-state index in [0.717, 1.165) is 31.9 Å². The van der Waals surface area contributed by atoms with Crippen LogP contribution in [0.15, 0.2) is 12.1 Å². The molecule has 0 saturated heterocycles. The van der Waals surface area contributed by atoms with Crippen LogP contribution < -0.4 is 11.1 Å². The minimum absolute atomic E-state index is 0.471. The first-order valence-electron chi connectivity index (χ1n) is 5.21. The SMILES string of the molecule is CCOCCCNc1cc(Cl)c(Cl)cc1N. The highest BCUT2D eigenvalue weighted by atomic mass is 35.5. The van der Waals surface area contributed by atoms with Crippen molar-refractivity contribution in [1.29, 1.82) is 0 Å².